The number of primary amides is 1. The highest BCUT2D eigenvalue weighted by Crippen LogP contribution is 2.24. The van der Waals surface area contributed by atoms with Crippen molar-refractivity contribution < 1.29 is 13.9 Å². The van der Waals surface area contributed by atoms with Crippen molar-refractivity contribution in [1.82, 2.24) is 4.90 Å². The van der Waals surface area contributed by atoms with Crippen molar-refractivity contribution in [3.63, 3.8) is 0 Å². The van der Waals surface area contributed by atoms with E-state index in [0.717, 1.165) is 35.4 Å². The zero-order chi connectivity index (χ0) is 17.1. The molecule has 1 fully saturated rings. The smallest absolute Gasteiger partial charge is 0.234 e. The molecule has 2 N–H and O–H groups in total. The van der Waals surface area contributed by atoms with Crippen LogP contribution in [0.5, 0.6) is 5.75 Å². The molecule has 126 valence electrons. The number of rotatable bonds is 6. The third-order valence-electron chi connectivity index (χ3n) is 4.44. The maximum atomic E-state index is 13.2. The fraction of sp³-hybridized carbons (Fsp3) is 0.316. The van der Waals surface area contributed by atoms with Crippen molar-refractivity contribution in [1.29, 1.82) is 0 Å². The molecule has 1 aliphatic rings. The van der Waals surface area contributed by atoms with Gasteiger partial charge in [0, 0.05) is 13.1 Å². The molecule has 1 aliphatic heterocycles. The van der Waals surface area contributed by atoms with Gasteiger partial charge in [-0.15, -0.1) is 0 Å². The molecule has 0 aliphatic carbocycles. The number of carbonyl (C=O) groups excluding carboxylic acids is 1. The third kappa shape index (κ3) is 3.74. The Bertz CT molecular complexity index is 748. The molecule has 1 heterocycles. The molecule has 4 nitrogen and oxygen atoms in total. The Kier molecular flexibility index (Phi) is 4.81. The van der Waals surface area contributed by atoms with Crippen LogP contribution in [0.15, 0.2) is 42.5 Å². The Balaban J connectivity index is 1.61. The minimum atomic E-state index is -0.263. The molecule has 0 radical (unpaired) electrons. The lowest BCUT2D eigenvalue weighted by atomic mass is 9.99. The van der Waals surface area contributed by atoms with Crippen LogP contribution in [0.1, 0.15) is 23.1 Å². The van der Waals surface area contributed by atoms with E-state index >= 15 is 0 Å². The molecule has 3 rings (SSSR count). The second kappa shape index (κ2) is 7.01. The normalized spacial score (nSPS) is 17.3. The van der Waals surface area contributed by atoms with Crippen molar-refractivity contribution in [3.8, 4) is 5.75 Å². The first kappa shape index (κ1) is 16.5. The van der Waals surface area contributed by atoms with Crippen LogP contribution >= 0.6 is 0 Å². The highest BCUT2D eigenvalue weighted by molar-refractivity contribution is 5.80. The zero-order valence-corrected chi connectivity index (χ0v) is 13.7. The molecular formula is C19H21FN2O2. The Morgan fingerprint density at radius 1 is 1.33 bits per heavy atom. The molecule has 0 spiro atoms. The average molecular weight is 328 g/mol. The van der Waals surface area contributed by atoms with E-state index in [2.05, 4.69) is 4.90 Å². The maximum Gasteiger partial charge on any atom is 0.234 e. The molecule has 0 aromatic heterocycles. The van der Waals surface area contributed by atoms with Gasteiger partial charge in [-0.05, 0) is 54.3 Å². The van der Waals surface area contributed by atoms with Crippen molar-refractivity contribution >= 4 is 5.91 Å². The van der Waals surface area contributed by atoms with Gasteiger partial charge in [0.25, 0.3) is 0 Å². The molecule has 24 heavy (non-hydrogen) atoms. The fourth-order valence-electron chi connectivity index (χ4n) is 2.90. The number of likely N-dealkylation sites (tertiary alicyclic amines) is 1. The standard InChI is InChI=1S/C19H21FN2O2/c1-13-9-17(24-12-14-3-2-4-16(20)10-14)6-5-15(13)11-22-8-7-18(22)19(21)23/h2-6,9-10,18H,7-8,11-12H2,1H3,(H2,21,23)/t18-/m0/s1. The van der Waals surface area contributed by atoms with Gasteiger partial charge < -0.3 is 10.5 Å². The number of carbonyl (C=O) groups is 1. The first-order valence-corrected chi connectivity index (χ1v) is 8.03. The van der Waals surface area contributed by atoms with Gasteiger partial charge >= 0.3 is 0 Å². The van der Waals surface area contributed by atoms with Crippen LogP contribution < -0.4 is 10.5 Å². The number of nitrogens with two attached hydrogens (primary N) is 1. The van der Waals surface area contributed by atoms with Crippen LogP contribution in [0.25, 0.3) is 0 Å². The van der Waals surface area contributed by atoms with E-state index in [9.17, 15) is 9.18 Å². The predicted molar refractivity (Wildman–Crippen MR) is 89.9 cm³/mol. The summed E-state index contributed by atoms with van der Waals surface area (Å²) >= 11 is 0. The van der Waals surface area contributed by atoms with Crippen LogP contribution in [0.4, 0.5) is 4.39 Å². The number of hydrogen-bond acceptors (Lipinski definition) is 3. The van der Waals surface area contributed by atoms with Gasteiger partial charge in [-0.25, -0.2) is 4.39 Å². The van der Waals surface area contributed by atoms with Crippen LogP contribution in [-0.4, -0.2) is 23.4 Å². The van der Waals surface area contributed by atoms with Gasteiger partial charge in [-0.2, -0.15) is 0 Å². The van der Waals surface area contributed by atoms with Crippen molar-refractivity contribution in [2.75, 3.05) is 6.54 Å². The van der Waals surface area contributed by atoms with Gasteiger partial charge in [0.05, 0.1) is 6.04 Å². The Labute approximate surface area is 141 Å². The summed E-state index contributed by atoms with van der Waals surface area (Å²) in [5, 5.41) is 0. The largest absolute Gasteiger partial charge is 0.489 e. The van der Waals surface area contributed by atoms with Gasteiger partial charge in [0.1, 0.15) is 18.2 Å². The number of hydrogen-bond donors (Lipinski definition) is 1. The number of benzene rings is 2. The molecule has 1 saturated heterocycles. The third-order valence-corrected chi connectivity index (χ3v) is 4.44. The lowest BCUT2D eigenvalue weighted by Gasteiger charge is -2.39. The molecule has 5 heteroatoms. The second-order valence-electron chi connectivity index (χ2n) is 6.18. The molecule has 0 saturated carbocycles. The van der Waals surface area contributed by atoms with Crippen molar-refractivity contribution in [3.05, 3.63) is 65.0 Å². The molecule has 1 amide bonds. The summed E-state index contributed by atoms with van der Waals surface area (Å²) < 4.78 is 18.9. The quantitative estimate of drug-likeness (QED) is 0.887. The van der Waals surface area contributed by atoms with Gasteiger partial charge in [0.15, 0.2) is 0 Å². The van der Waals surface area contributed by atoms with Crippen LogP contribution in [0.3, 0.4) is 0 Å². The summed E-state index contributed by atoms with van der Waals surface area (Å²) in [5.74, 6) is 0.228. The summed E-state index contributed by atoms with van der Waals surface area (Å²) in [4.78, 5) is 13.4. The lowest BCUT2D eigenvalue weighted by Crippen LogP contribution is -2.54. The molecule has 0 bridgehead atoms. The van der Waals surface area contributed by atoms with Gasteiger partial charge in [-0.3, -0.25) is 9.69 Å². The van der Waals surface area contributed by atoms with E-state index in [1.54, 1.807) is 6.07 Å². The number of nitrogens with zero attached hydrogens (tertiary/aromatic N) is 1. The van der Waals surface area contributed by atoms with E-state index in [1.807, 2.05) is 31.2 Å². The lowest BCUT2D eigenvalue weighted by molar-refractivity contribution is -0.127. The van der Waals surface area contributed by atoms with E-state index in [4.69, 9.17) is 10.5 Å². The van der Waals surface area contributed by atoms with Crippen LogP contribution in [0, 0.1) is 12.7 Å². The van der Waals surface area contributed by atoms with E-state index < -0.39 is 0 Å². The summed E-state index contributed by atoms with van der Waals surface area (Å²) in [6.07, 6.45) is 0.837. The van der Waals surface area contributed by atoms with Crippen molar-refractivity contribution in [2.24, 2.45) is 5.73 Å². The van der Waals surface area contributed by atoms with E-state index in [-0.39, 0.29) is 17.8 Å². The molecule has 1 atom stereocenters. The Morgan fingerprint density at radius 2 is 2.17 bits per heavy atom. The second-order valence-corrected chi connectivity index (χ2v) is 6.18. The van der Waals surface area contributed by atoms with E-state index in [1.165, 1.54) is 12.1 Å². The Morgan fingerprint density at radius 3 is 2.79 bits per heavy atom. The first-order chi connectivity index (χ1) is 11.5. The monoisotopic (exact) mass is 328 g/mol. The summed E-state index contributed by atoms with van der Waals surface area (Å²) in [6, 6.07) is 12.1. The van der Waals surface area contributed by atoms with Crippen molar-refractivity contribution in [2.45, 2.75) is 32.5 Å². The Hall–Kier alpha value is -2.40. The SMILES string of the molecule is Cc1cc(OCc2cccc(F)c2)ccc1CN1CC[C@H]1C(N)=O. The highest BCUT2D eigenvalue weighted by Gasteiger charge is 2.32. The number of ether oxygens (including phenoxy) is 1. The molecule has 0 unspecified atom stereocenters. The molecule has 2 aromatic rings. The topological polar surface area (TPSA) is 55.6 Å². The van der Waals surface area contributed by atoms with Crippen LogP contribution in [-0.2, 0) is 17.9 Å². The summed E-state index contributed by atoms with van der Waals surface area (Å²) in [6.45, 7) is 3.95. The number of halogens is 1. The average Bonchev–Trinajstić information content (AvgIpc) is 2.50. The number of amides is 1. The minimum Gasteiger partial charge on any atom is -0.489 e. The van der Waals surface area contributed by atoms with Crippen LogP contribution in [0.2, 0.25) is 0 Å². The van der Waals surface area contributed by atoms with E-state index in [0.29, 0.717) is 13.2 Å². The predicted octanol–water partition coefficient (Wildman–Crippen LogP) is 2.77. The first-order valence-electron chi connectivity index (χ1n) is 8.03. The highest BCUT2D eigenvalue weighted by atomic mass is 19.1. The molecule has 2 aromatic carbocycles. The van der Waals surface area contributed by atoms with Gasteiger partial charge in [0.2, 0.25) is 5.91 Å². The van der Waals surface area contributed by atoms with Gasteiger partial charge in [-0.1, -0.05) is 18.2 Å². The maximum absolute atomic E-state index is 13.2. The number of aryl methyl sites for hydroxylation is 1. The molecular weight excluding hydrogens is 307 g/mol. The minimum absolute atomic E-state index is 0.145. The zero-order valence-electron chi connectivity index (χ0n) is 13.7. The summed E-state index contributed by atoms with van der Waals surface area (Å²) in [5.41, 5.74) is 8.43. The fourth-order valence-corrected chi connectivity index (χ4v) is 2.90. The summed E-state index contributed by atoms with van der Waals surface area (Å²) in [7, 11) is 0.